The van der Waals surface area contributed by atoms with Crippen molar-refractivity contribution in [1.29, 1.82) is 0 Å². The highest BCUT2D eigenvalue weighted by Crippen LogP contribution is 2.31. The van der Waals surface area contributed by atoms with Gasteiger partial charge >= 0.3 is 0 Å². The number of thiophene rings is 1. The van der Waals surface area contributed by atoms with Crippen LogP contribution in [0.4, 0.5) is 11.8 Å². The average Bonchev–Trinajstić information content (AvgIpc) is 3.01. The Morgan fingerprint density at radius 3 is 2.86 bits per heavy atom. The van der Waals surface area contributed by atoms with Crippen LogP contribution in [-0.2, 0) is 13.0 Å². The fraction of sp³-hybridized carbons (Fsp3) is 0.200. The van der Waals surface area contributed by atoms with E-state index in [2.05, 4.69) is 50.6 Å². The maximum Gasteiger partial charge on any atom is 0.240 e. The molecule has 0 unspecified atom stereocenters. The van der Waals surface area contributed by atoms with Crippen molar-refractivity contribution in [2.45, 2.75) is 13.0 Å². The van der Waals surface area contributed by atoms with E-state index >= 15 is 0 Å². The molecule has 0 aliphatic carbocycles. The summed E-state index contributed by atoms with van der Waals surface area (Å²) in [6.45, 7) is 1.84. The number of benzene rings is 1. The first-order chi connectivity index (χ1) is 10.3. The molecule has 3 N–H and O–H groups in total. The molecule has 0 atom stereocenters. The van der Waals surface area contributed by atoms with Crippen LogP contribution < -0.4 is 16.2 Å². The number of nitrogens with zero attached hydrogens (tertiary/aromatic N) is 3. The van der Waals surface area contributed by atoms with E-state index in [9.17, 15) is 0 Å². The first kappa shape index (κ1) is 12.6. The van der Waals surface area contributed by atoms with Gasteiger partial charge in [-0.2, -0.15) is 4.98 Å². The highest BCUT2D eigenvalue weighted by molar-refractivity contribution is 7.16. The van der Waals surface area contributed by atoms with Crippen molar-refractivity contribution in [3.8, 4) is 0 Å². The van der Waals surface area contributed by atoms with E-state index in [0.29, 0.717) is 5.95 Å². The Labute approximate surface area is 126 Å². The van der Waals surface area contributed by atoms with Crippen molar-refractivity contribution in [2.75, 3.05) is 16.9 Å². The summed E-state index contributed by atoms with van der Waals surface area (Å²) < 4.78 is 0. The molecule has 0 amide bonds. The van der Waals surface area contributed by atoms with Crippen molar-refractivity contribution in [3.63, 3.8) is 0 Å². The van der Waals surface area contributed by atoms with Gasteiger partial charge in [0.05, 0.1) is 5.39 Å². The van der Waals surface area contributed by atoms with Crippen LogP contribution >= 0.6 is 11.3 Å². The van der Waals surface area contributed by atoms with Crippen molar-refractivity contribution in [1.82, 2.24) is 9.97 Å². The zero-order valence-corrected chi connectivity index (χ0v) is 12.2. The van der Waals surface area contributed by atoms with E-state index in [1.807, 2.05) is 5.38 Å². The smallest absolute Gasteiger partial charge is 0.240 e. The summed E-state index contributed by atoms with van der Waals surface area (Å²) in [6.07, 6.45) is 1.04. The molecule has 0 saturated carbocycles. The minimum absolute atomic E-state index is 0.471. The monoisotopic (exact) mass is 297 g/mol. The van der Waals surface area contributed by atoms with Crippen molar-refractivity contribution in [3.05, 3.63) is 46.8 Å². The van der Waals surface area contributed by atoms with Gasteiger partial charge in [0.15, 0.2) is 0 Å². The van der Waals surface area contributed by atoms with Gasteiger partial charge in [-0.1, -0.05) is 24.3 Å². The van der Waals surface area contributed by atoms with E-state index in [4.69, 9.17) is 5.84 Å². The molecule has 0 fully saturated rings. The second kappa shape index (κ2) is 4.98. The summed E-state index contributed by atoms with van der Waals surface area (Å²) in [6, 6.07) is 10.7. The minimum Gasteiger partial charge on any atom is -0.351 e. The molecule has 0 saturated heterocycles. The van der Waals surface area contributed by atoms with Crippen LogP contribution in [0.1, 0.15) is 11.1 Å². The molecule has 5 nitrogen and oxygen atoms in total. The van der Waals surface area contributed by atoms with Gasteiger partial charge in [0.1, 0.15) is 10.6 Å². The average molecular weight is 297 g/mol. The summed E-state index contributed by atoms with van der Waals surface area (Å²) in [5.74, 6) is 6.93. The van der Waals surface area contributed by atoms with Gasteiger partial charge in [-0.3, -0.25) is 5.43 Å². The summed E-state index contributed by atoms with van der Waals surface area (Å²) in [5, 5.41) is 3.14. The number of rotatable bonds is 2. The van der Waals surface area contributed by atoms with Crippen molar-refractivity contribution in [2.24, 2.45) is 5.84 Å². The largest absolute Gasteiger partial charge is 0.351 e. The molecule has 4 rings (SSSR count). The molecule has 2 aromatic heterocycles. The standard InChI is InChI=1S/C15H15N5S/c16-19-15-17-13(12-6-8-21-14(12)18-15)20-7-5-10-3-1-2-4-11(10)9-20/h1-4,6,8H,5,7,9,16H2,(H,17,18,19). The Morgan fingerprint density at radius 2 is 2.00 bits per heavy atom. The molecular formula is C15H15N5S. The van der Waals surface area contributed by atoms with Crippen LogP contribution in [0, 0.1) is 0 Å². The Kier molecular flexibility index (Phi) is 2.98. The van der Waals surface area contributed by atoms with E-state index in [-0.39, 0.29) is 0 Å². The van der Waals surface area contributed by atoms with Gasteiger partial charge in [-0.25, -0.2) is 10.8 Å². The molecule has 0 bridgehead atoms. The SMILES string of the molecule is NNc1nc(N2CCc3ccccc3C2)c2ccsc2n1. The number of fused-ring (bicyclic) bond motifs is 2. The zero-order chi connectivity index (χ0) is 14.2. The fourth-order valence-corrected chi connectivity index (χ4v) is 3.58. The van der Waals surface area contributed by atoms with Crippen molar-refractivity contribution < 1.29 is 0 Å². The third-order valence-corrected chi connectivity index (χ3v) is 4.67. The molecule has 1 aliphatic heterocycles. The predicted molar refractivity (Wildman–Crippen MR) is 86.4 cm³/mol. The third kappa shape index (κ3) is 2.12. The second-order valence-electron chi connectivity index (χ2n) is 5.09. The third-order valence-electron chi connectivity index (χ3n) is 3.86. The van der Waals surface area contributed by atoms with Gasteiger partial charge in [0, 0.05) is 13.1 Å². The molecule has 106 valence electrons. The summed E-state index contributed by atoms with van der Waals surface area (Å²) in [7, 11) is 0. The summed E-state index contributed by atoms with van der Waals surface area (Å²) in [4.78, 5) is 12.2. The van der Waals surface area contributed by atoms with Gasteiger partial charge in [0.2, 0.25) is 5.95 Å². The highest BCUT2D eigenvalue weighted by atomic mass is 32.1. The van der Waals surface area contributed by atoms with Crippen molar-refractivity contribution >= 4 is 33.3 Å². The Balaban J connectivity index is 1.79. The summed E-state index contributed by atoms with van der Waals surface area (Å²) >= 11 is 1.61. The van der Waals surface area contributed by atoms with Crippen LogP contribution in [0.15, 0.2) is 35.7 Å². The molecular weight excluding hydrogens is 282 g/mol. The predicted octanol–water partition coefficient (Wildman–Crippen LogP) is 2.54. The number of hydrogen-bond donors (Lipinski definition) is 2. The maximum absolute atomic E-state index is 5.50. The van der Waals surface area contributed by atoms with Gasteiger partial charge in [-0.15, -0.1) is 11.3 Å². The zero-order valence-electron chi connectivity index (χ0n) is 11.4. The van der Waals surface area contributed by atoms with E-state index in [1.54, 1.807) is 11.3 Å². The molecule has 3 aromatic rings. The molecule has 1 aliphatic rings. The van der Waals surface area contributed by atoms with Crippen LogP contribution in [0.2, 0.25) is 0 Å². The number of aromatic nitrogens is 2. The van der Waals surface area contributed by atoms with Crippen LogP contribution in [0.25, 0.3) is 10.2 Å². The Morgan fingerprint density at radius 1 is 1.14 bits per heavy atom. The lowest BCUT2D eigenvalue weighted by Crippen LogP contribution is -2.31. The topological polar surface area (TPSA) is 67.1 Å². The molecule has 3 heterocycles. The van der Waals surface area contributed by atoms with Crippen LogP contribution in [-0.4, -0.2) is 16.5 Å². The van der Waals surface area contributed by atoms with E-state index in [1.165, 1.54) is 11.1 Å². The number of nitrogens with one attached hydrogen (secondary N) is 1. The van der Waals surface area contributed by atoms with Gasteiger partial charge in [-0.05, 0) is 29.0 Å². The van der Waals surface area contributed by atoms with Crippen LogP contribution in [0.3, 0.4) is 0 Å². The lowest BCUT2D eigenvalue weighted by Gasteiger charge is -2.30. The van der Waals surface area contributed by atoms with Crippen LogP contribution in [0.5, 0.6) is 0 Å². The number of hydrazine groups is 1. The van der Waals surface area contributed by atoms with Gasteiger partial charge < -0.3 is 4.90 Å². The molecule has 0 radical (unpaired) electrons. The normalized spacial score (nSPS) is 14.2. The van der Waals surface area contributed by atoms with E-state index in [0.717, 1.165) is 35.5 Å². The number of nitrogen functional groups attached to an aromatic ring is 1. The quantitative estimate of drug-likeness (QED) is 0.562. The maximum atomic E-state index is 5.50. The molecule has 6 heteroatoms. The lowest BCUT2D eigenvalue weighted by molar-refractivity contribution is 0.723. The Bertz CT molecular complexity index is 798. The Hall–Kier alpha value is -2.18. The highest BCUT2D eigenvalue weighted by Gasteiger charge is 2.20. The first-order valence-electron chi connectivity index (χ1n) is 6.89. The molecule has 1 aromatic carbocycles. The second-order valence-corrected chi connectivity index (χ2v) is 5.99. The first-order valence-corrected chi connectivity index (χ1v) is 7.77. The summed E-state index contributed by atoms with van der Waals surface area (Å²) in [5.41, 5.74) is 5.37. The minimum atomic E-state index is 0.471. The number of hydrogen-bond acceptors (Lipinski definition) is 6. The lowest BCUT2D eigenvalue weighted by atomic mass is 10.00. The number of nitrogens with two attached hydrogens (primary N) is 1. The van der Waals surface area contributed by atoms with Gasteiger partial charge in [0.25, 0.3) is 0 Å². The molecule has 21 heavy (non-hydrogen) atoms. The molecule has 0 spiro atoms. The number of anilines is 2. The van der Waals surface area contributed by atoms with E-state index < -0.39 is 0 Å². The fourth-order valence-electron chi connectivity index (χ4n) is 2.82.